The van der Waals surface area contributed by atoms with Crippen molar-refractivity contribution in [2.45, 2.75) is 12.8 Å². The summed E-state index contributed by atoms with van der Waals surface area (Å²) in [5.74, 6) is -0.753. The number of carbonyl (C=O) groups excluding carboxylic acids is 1. The van der Waals surface area contributed by atoms with E-state index in [1.165, 1.54) is 6.07 Å². The number of amides is 1. The van der Waals surface area contributed by atoms with Gasteiger partial charge < -0.3 is 10.6 Å². The van der Waals surface area contributed by atoms with Crippen LogP contribution in [0.3, 0.4) is 0 Å². The van der Waals surface area contributed by atoms with Crippen molar-refractivity contribution >= 4 is 24.0 Å². The summed E-state index contributed by atoms with van der Waals surface area (Å²) in [4.78, 5) is 12.5. The maximum atomic E-state index is 13.8. The van der Waals surface area contributed by atoms with Gasteiger partial charge in [-0.15, -0.1) is 12.4 Å². The van der Waals surface area contributed by atoms with E-state index in [9.17, 15) is 9.18 Å². The number of rotatable bonds is 3. The molecule has 1 aliphatic heterocycles. The maximum Gasteiger partial charge on any atom is 0.229 e. The topological polar surface area (TPSA) is 59.0 Å². The molecule has 2 N–H and O–H groups in total. The quantitative estimate of drug-likeness (QED) is 0.902. The van der Waals surface area contributed by atoms with Gasteiger partial charge in [0.25, 0.3) is 0 Å². The number of carbonyl (C=O) groups is 1. The summed E-state index contributed by atoms with van der Waals surface area (Å²) in [6, 6.07) is 4.70. The van der Waals surface area contributed by atoms with Crippen molar-refractivity contribution in [3.63, 3.8) is 0 Å². The van der Waals surface area contributed by atoms with Gasteiger partial charge in [-0.25, -0.2) is 4.39 Å². The molecule has 23 heavy (non-hydrogen) atoms. The molecule has 2 aromatic rings. The first kappa shape index (κ1) is 17.4. The number of hydrogen-bond donors (Lipinski definition) is 2. The largest absolute Gasteiger partial charge is 0.323 e. The van der Waals surface area contributed by atoms with Gasteiger partial charge in [0, 0.05) is 32.3 Å². The Hall–Kier alpha value is -1.92. The Labute approximate surface area is 140 Å². The summed E-state index contributed by atoms with van der Waals surface area (Å²) in [5.41, 5.74) is 2.17. The Kier molecular flexibility index (Phi) is 5.38. The van der Waals surface area contributed by atoms with E-state index in [0.29, 0.717) is 6.54 Å². The molecule has 1 aromatic heterocycles. The number of halogens is 2. The van der Waals surface area contributed by atoms with Gasteiger partial charge in [0.15, 0.2) is 0 Å². The van der Waals surface area contributed by atoms with E-state index in [2.05, 4.69) is 15.7 Å². The standard InChI is InChI=1S/C16H19FN4O.ClH/c1-10-3-4-14(17)15(5-10)20-16(22)13-8-18-7-12(13)11-6-19-21(2)9-11;/h3-6,9,12-13,18H,7-8H2,1-2H3,(H,20,22);1H/t12-,13+;/m1./s1. The fraction of sp³-hybridized carbons (Fsp3) is 0.375. The van der Waals surface area contributed by atoms with Gasteiger partial charge in [0.1, 0.15) is 5.82 Å². The van der Waals surface area contributed by atoms with Crippen molar-refractivity contribution < 1.29 is 9.18 Å². The fourth-order valence-corrected chi connectivity index (χ4v) is 2.90. The minimum atomic E-state index is -0.414. The maximum absolute atomic E-state index is 13.8. The van der Waals surface area contributed by atoms with Crippen LogP contribution in [-0.4, -0.2) is 28.8 Å². The van der Waals surface area contributed by atoms with Crippen LogP contribution in [0.4, 0.5) is 10.1 Å². The molecular weight excluding hydrogens is 319 g/mol. The van der Waals surface area contributed by atoms with E-state index in [4.69, 9.17) is 0 Å². The second kappa shape index (κ2) is 7.10. The molecule has 1 aromatic carbocycles. The molecule has 0 radical (unpaired) electrons. The van der Waals surface area contributed by atoms with Crippen LogP contribution in [0, 0.1) is 18.7 Å². The molecule has 1 fully saturated rings. The number of aromatic nitrogens is 2. The van der Waals surface area contributed by atoms with Gasteiger partial charge in [0.2, 0.25) is 5.91 Å². The second-order valence-corrected chi connectivity index (χ2v) is 5.79. The van der Waals surface area contributed by atoms with Crippen LogP contribution in [0.1, 0.15) is 17.0 Å². The van der Waals surface area contributed by atoms with Crippen molar-refractivity contribution in [2.24, 2.45) is 13.0 Å². The zero-order chi connectivity index (χ0) is 15.7. The van der Waals surface area contributed by atoms with Crippen molar-refractivity contribution in [1.82, 2.24) is 15.1 Å². The Morgan fingerprint density at radius 1 is 1.43 bits per heavy atom. The molecule has 1 amide bonds. The first-order valence-corrected chi connectivity index (χ1v) is 7.31. The third-order valence-corrected chi connectivity index (χ3v) is 4.08. The van der Waals surface area contributed by atoms with Gasteiger partial charge in [-0.2, -0.15) is 5.10 Å². The molecule has 124 valence electrons. The third-order valence-electron chi connectivity index (χ3n) is 4.08. The van der Waals surface area contributed by atoms with Gasteiger partial charge in [-0.3, -0.25) is 9.48 Å². The van der Waals surface area contributed by atoms with Crippen molar-refractivity contribution in [3.05, 3.63) is 47.5 Å². The minimum Gasteiger partial charge on any atom is -0.323 e. The van der Waals surface area contributed by atoms with E-state index < -0.39 is 5.82 Å². The Balaban J connectivity index is 0.00000192. The Morgan fingerprint density at radius 3 is 2.91 bits per heavy atom. The van der Waals surface area contributed by atoms with Crippen LogP contribution >= 0.6 is 12.4 Å². The predicted octanol–water partition coefficient (Wildman–Crippen LogP) is 2.23. The molecule has 0 saturated carbocycles. The molecule has 1 saturated heterocycles. The van der Waals surface area contributed by atoms with Crippen molar-refractivity contribution in [3.8, 4) is 0 Å². The fourth-order valence-electron chi connectivity index (χ4n) is 2.90. The number of benzene rings is 1. The molecule has 5 nitrogen and oxygen atoms in total. The molecule has 3 rings (SSSR count). The summed E-state index contributed by atoms with van der Waals surface area (Å²) >= 11 is 0. The lowest BCUT2D eigenvalue weighted by Gasteiger charge is -2.17. The molecule has 0 unspecified atom stereocenters. The number of nitrogens with one attached hydrogen (secondary N) is 2. The van der Waals surface area contributed by atoms with Crippen LogP contribution in [0.2, 0.25) is 0 Å². The van der Waals surface area contributed by atoms with Crippen LogP contribution in [0.25, 0.3) is 0 Å². The van der Waals surface area contributed by atoms with Crippen molar-refractivity contribution in [1.29, 1.82) is 0 Å². The highest BCUT2D eigenvalue weighted by Gasteiger charge is 2.34. The smallest absolute Gasteiger partial charge is 0.229 e. The lowest BCUT2D eigenvalue weighted by molar-refractivity contribution is -0.119. The average molecular weight is 339 g/mol. The van der Waals surface area contributed by atoms with E-state index in [1.54, 1.807) is 23.0 Å². The monoisotopic (exact) mass is 338 g/mol. The highest BCUT2D eigenvalue weighted by atomic mass is 35.5. The van der Waals surface area contributed by atoms with E-state index >= 15 is 0 Å². The van der Waals surface area contributed by atoms with Gasteiger partial charge in [-0.1, -0.05) is 6.07 Å². The summed E-state index contributed by atoms with van der Waals surface area (Å²) < 4.78 is 15.5. The number of aryl methyl sites for hydroxylation is 2. The number of nitrogens with zero attached hydrogens (tertiary/aromatic N) is 2. The van der Waals surface area contributed by atoms with Crippen LogP contribution in [0.5, 0.6) is 0 Å². The zero-order valence-corrected chi connectivity index (χ0v) is 13.9. The molecule has 0 aliphatic carbocycles. The van der Waals surface area contributed by atoms with Crippen molar-refractivity contribution in [2.75, 3.05) is 18.4 Å². The summed E-state index contributed by atoms with van der Waals surface area (Å²) in [5, 5.41) is 10.1. The average Bonchev–Trinajstić information content (AvgIpc) is 3.11. The molecular formula is C16H20ClFN4O. The molecule has 2 atom stereocenters. The number of anilines is 1. The summed E-state index contributed by atoms with van der Waals surface area (Å²) in [6.07, 6.45) is 3.70. The Bertz CT molecular complexity index is 703. The lowest BCUT2D eigenvalue weighted by Crippen LogP contribution is -2.28. The lowest BCUT2D eigenvalue weighted by atomic mass is 9.90. The summed E-state index contributed by atoms with van der Waals surface area (Å²) in [7, 11) is 1.85. The van der Waals surface area contributed by atoms with Crippen LogP contribution < -0.4 is 10.6 Å². The molecule has 0 spiro atoms. The molecule has 2 heterocycles. The second-order valence-electron chi connectivity index (χ2n) is 5.79. The Morgan fingerprint density at radius 2 is 2.22 bits per heavy atom. The van der Waals surface area contributed by atoms with Gasteiger partial charge in [-0.05, 0) is 30.2 Å². The molecule has 0 bridgehead atoms. The van der Waals surface area contributed by atoms with Gasteiger partial charge in [0.05, 0.1) is 17.8 Å². The number of hydrogen-bond acceptors (Lipinski definition) is 3. The first-order valence-electron chi connectivity index (χ1n) is 7.31. The zero-order valence-electron chi connectivity index (χ0n) is 13.0. The van der Waals surface area contributed by atoms with Crippen LogP contribution in [0.15, 0.2) is 30.6 Å². The predicted molar refractivity (Wildman–Crippen MR) is 89.3 cm³/mol. The van der Waals surface area contributed by atoms with E-state index in [1.807, 2.05) is 20.2 Å². The SMILES string of the molecule is Cc1ccc(F)c(NC(=O)[C@H]2CNC[C@@H]2c2cnn(C)c2)c1.Cl. The van der Waals surface area contributed by atoms with E-state index in [-0.39, 0.29) is 35.8 Å². The summed E-state index contributed by atoms with van der Waals surface area (Å²) in [6.45, 7) is 3.17. The first-order chi connectivity index (χ1) is 10.5. The highest BCUT2D eigenvalue weighted by Crippen LogP contribution is 2.29. The van der Waals surface area contributed by atoms with Crippen LogP contribution in [-0.2, 0) is 11.8 Å². The normalized spacial score (nSPS) is 20.1. The van der Waals surface area contributed by atoms with Gasteiger partial charge >= 0.3 is 0 Å². The minimum absolute atomic E-state index is 0. The third kappa shape index (κ3) is 3.71. The molecule has 1 aliphatic rings. The van der Waals surface area contributed by atoms with E-state index in [0.717, 1.165) is 17.7 Å². The highest BCUT2D eigenvalue weighted by molar-refractivity contribution is 5.93. The molecule has 7 heteroatoms.